The number of aryl methyl sites for hydroxylation is 1. The quantitative estimate of drug-likeness (QED) is 0.600. The molecule has 3 amide bonds. The summed E-state index contributed by atoms with van der Waals surface area (Å²) < 4.78 is 40.1. The summed E-state index contributed by atoms with van der Waals surface area (Å²) >= 11 is 0. The lowest BCUT2D eigenvalue weighted by atomic mass is 10.1. The molecule has 1 fully saturated rings. The molecular weight excluding hydrogens is 461 g/mol. The van der Waals surface area contributed by atoms with E-state index < -0.39 is 32.8 Å². The molecule has 10 heteroatoms. The predicted octanol–water partition coefficient (Wildman–Crippen LogP) is 2.13. The van der Waals surface area contributed by atoms with Crippen LogP contribution in [0.5, 0.6) is 0 Å². The van der Waals surface area contributed by atoms with Crippen LogP contribution in [-0.4, -0.2) is 67.5 Å². The number of sulfone groups is 1. The first-order valence-corrected chi connectivity index (χ1v) is 12.6. The van der Waals surface area contributed by atoms with Gasteiger partial charge in [-0.2, -0.15) is 0 Å². The zero-order valence-corrected chi connectivity index (χ0v) is 20.0. The highest BCUT2D eigenvalue weighted by Crippen LogP contribution is 2.19. The Morgan fingerprint density at radius 3 is 2.21 bits per heavy atom. The van der Waals surface area contributed by atoms with E-state index in [1.807, 2.05) is 6.92 Å². The number of piperazine rings is 1. The van der Waals surface area contributed by atoms with Crippen LogP contribution >= 0.6 is 0 Å². The second-order valence-corrected chi connectivity index (χ2v) is 10.2. The van der Waals surface area contributed by atoms with Gasteiger partial charge in [-0.15, -0.1) is 0 Å². The minimum atomic E-state index is -4.39. The van der Waals surface area contributed by atoms with E-state index in [1.165, 1.54) is 11.0 Å². The molecule has 1 heterocycles. The monoisotopic (exact) mass is 489 g/mol. The summed E-state index contributed by atoms with van der Waals surface area (Å²) in [7, 11) is -4.39. The van der Waals surface area contributed by atoms with E-state index in [9.17, 15) is 27.2 Å². The molecule has 1 saturated heterocycles. The first kappa shape index (κ1) is 25.4. The first-order valence-electron chi connectivity index (χ1n) is 11.1. The van der Waals surface area contributed by atoms with Crippen LogP contribution in [0.4, 0.5) is 4.39 Å². The van der Waals surface area contributed by atoms with Crippen molar-refractivity contribution in [3.63, 3.8) is 0 Å². The van der Waals surface area contributed by atoms with E-state index in [1.54, 1.807) is 30.0 Å². The van der Waals surface area contributed by atoms with Crippen molar-refractivity contribution in [1.82, 2.24) is 15.1 Å². The maximum absolute atomic E-state index is 13.4. The van der Waals surface area contributed by atoms with Gasteiger partial charge in [-0.1, -0.05) is 24.6 Å². The van der Waals surface area contributed by atoms with E-state index in [2.05, 4.69) is 5.32 Å². The van der Waals surface area contributed by atoms with Gasteiger partial charge in [0.15, 0.2) is 0 Å². The van der Waals surface area contributed by atoms with Gasteiger partial charge in [0.1, 0.15) is 5.82 Å². The van der Waals surface area contributed by atoms with Crippen LogP contribution in [0.25, 0.3) is 0 Å². The topological polar surface area (TPSA) is 104 Å². The van der Waals surface area contributed by atoms with Crippen LogP contribution in [0.3, 0.4) is 0 Å². The molecule has 2 aromatic rings. The van der Waals surface area contributed by atoms with Crippen LogP contribution in [0.2, 0.25) is 0 Å². The molecule has 0 aromatic heterocycles. The SMILES string of the molecule is CCCC(=O)N1CCN(C(=O)C(NC(=O)c2cccc(C)c2)S(=O)(=O)c2ccc(F)cc2)CC1. The van der Waals surface area contributed by atoms with E-state index in [0.717, 1.165) is 29.8 Å². The Morgan fingerprint density at radius 2 is 1.62 bits per heavy atom. The molecule has 1 unspecified atom stereocenters. The molecule has 0 radical (unpaired) electrons. The molecule has 1 N–H and O–H groups in total. The molecule has 0 saturated carbocycles. The van der Waals surface area contributed by atoms with Crippen molar-refractivity contribution in [1.29, 1.82) is 0 Å². The van der Waals surface area contributed by atoms with E-state index in [4.69, 9.17) is 0 Å². The largest absolute Gasteiger partial charge is 0.339 e. The fourth-order valence-electron chi connectivity index (χ4n) is 3.74. The summed E-state index contributed by atoms with van der Waals surface area (Å²) in [5.74, 6) is -2.16. The Morgan fingerprint density at radius 1 is 1.00 bits per heavy atom. The number of benzene rings is 2. The molecule has 0 aliphatic carbocycles. The summed E-state index contributed by atoms with van der Waals surface area (Å²) in [6.45, 7) is 4.53. The highest BCUT2D eigenvalue weighted by Gasteiger charge is 2.39. The predicted molar refractivity (Wildman–Crippen MR) is 124 cm³/mol. The minimum Gasteiger partial charge on any atom is -0.339 e. The van der Waals surface area contributed by atoms with Crippen LogP contribution in [0.1, 0.15) is 35.7 Å². The minimum absolute atomic E-state index is 0.0159. The maximum atomic E-state index is 13.4. The molecule has 1 aliphatic rings. The molecule has 0 bridgehead atoms. The number of carbonyl (C=O) groups is 3. The van der Waals surface area contributed by atoms with Crippen molar-refractivity contribution in [3.05, 3.63) is 65.5 Å². The van der Waals surface area contributed by atoms with E-state index in [0.29, 0.717) is 12.8 Å². The smallest absolute Gasteiger partial charge is 0.261 e. The third kappa shape index (κ3) is 5.80. The molecule has 8 nitrogen and oxygen atoms in total. The lowest BCUT2D eigenvalue weighted by molar-refractivity contribution is -0.139. The highest BCUT2D eigenvalue weighted by molar-refractivity contribution is 7.92. The molecule has 2 aromatic carbocycles. The van der Waals surface area contributed by atoms with Crippen molar-refractivity contribution in [2.24, 2.45) is 0 Å². The van der Waals surface area contributed by atoms with Gasteiger partial charge in [0.05, 0.1) is 4.90 Å². The summed E-state index contributed by atoms with van der Waals surface area (Å²) in [5, 5.41) is 0.474. The number of amides is 3. The Balaban J connectivity index is 1.87. The van der Waals surface area contributed by atoms with Crippen LogP contribution < -0.4 is 5.32 Å². The van der Waals surface area contributed by atoms with Crippen molar-refractivity contribution < 1.29 is 27.2 Å². The average molecular weight is 490 g/mol. The normalized spacial score (nSPS) is 15.0. The third-order valence-corrected chi connectivity index (χ3v) is 7.50. The Bertz CT molecular complexity index is 1160. The fourth-order valence-corrected chi connectivity index (χ4v) is 5.20. The summed E-state index contributed by atoms with van der Waals surface area (Å²) in [6, 6.07) is 10.6. The number of rotatable bonds is 7. The lowest BCUT2D eigenvalue weighted by Crippen LogP contribution is -2.57. The van der Waals surface area contributed by atoms with E-state index >= 15 is 0 Å². The van der Waals surface area contributed by atoms with Gasteiger partial charge in [-0.05, 0) is 49.7 Å². The second-order valence-electron chi connectivity index (χ2n) is 8.18. The van der Waals surface area contributed by atoms with Gasteiger partial charge in [-0.25, -0.2) is 12.8 Å². The van der Waals surface area contributed by atoms with E-state index in [-0.39, 0.29) is 42.5 Å². The summed E-state index contributed by atoms with van der Waals surface area (Å²) in [4.78, 5) is 41.1. The second kappa shape index (κ2) is 10.8. The molecule has 182 valence electrons. The van der Waals surface area contributed by atoms with Gasteiger partial charge in [0.2, 0.25) is 21.1 Å². The van der Waals surface area contributed by atoms with Crippen molar-refractivity contribution >= 4 is 27.6 Å². The molecule has 0 spiro atoms. The van der Waals surface area contributed by atoms with Crippen LogP contribution in [0.15, 0.2) is 53.4 Å². The highest BCUT2D eigenvalue weighted by atomic mass is 32.2. The van der Waals surface area contributed by atoms with Gasteiger partial charge < -0.3 is 15.1 Å². The Hall–Kier alpha value is -3.27. The molecule has 1 aliphatic heterocycles. The molecule has 3 rings (SSSR count). The van der Waals surface area contributed by atoms with Crippen LogP contribution in [-0.2, 0) is 19.4 Å². The Kier molecular flexibility index (Phi) is 8.03. The molecular formula is C24H28FN3O5S. The fraction of sp³-hybridized carbons (Fsp3) is 0.375. The zero-order valence-electron chi connectivity index (χ0n) is 19.2. The van der Waals surface area contributed by atoms with Crippen LogP contribution in [0, 0.1) is 12.7 Å². The first-order chi connectivity index (χ1) is 16.1. The number of hydrogen-bond donors (Lipinski definition) is 1. The van der Waals surface area contributed by atoms with Crippen molar-refractivity contribution in [2.45, 2.75) is 37.0 Å². The number of nitrogens with zero attached hydrogens (tertiary/aromatic N) is 2. The summed E-state index contributed by atoms with van der Waals surface area (Å²) in [5.41, 5.74) is 1.01. The van der Waals surface area contributed by atoms with Crippen molar-refractivity contribution in [2.75, 3.05) is 26.2 Å². The zero-order chi connectivity index (χ0) is 24.9. The molecule has 34 heavy (non-hydrogen) atoms. The number of carbonyl (C=O) groups excluding carboxylic acids is 3. The average Bonchev–Trinajstić information content (AvgIpc) is 2.82. The van der Waals surface area contributed by atoms with Gasteiger partial charge in [0.25, 0.3) is 11.8 Å². The number of nitrogens with one attached hydrogen (secondary N) is 1. The van der Waals surface area contributed by atoms with Crippen molar-refractivity contribution in [3.8, 4) is 0 Å². The van der Waals surface area contributed by atoms with Gasteiger partial charge in [-0.3, -0.25) is 14.4 Å². The third-order valence-electron chi connectivity index (χ3n) is 5.63. The number of halogens is 1. The van der Waals surface area contributed by atoms with Gasteiger partial charge >= 0.3 is 0 Å². The maximum Gasteiger partial charge on any atom is 0.261 e. The Labute approximate surface area is 198 Å². The number of hydrogen-bond acceptors (Lipinski definition) is 5. The summed E-state index contributed by atoms with van der Waals surface area (Å²) in [6.07, 6.45) is 1.11. The van der Waals surface area contributed by atoms with Gasteiger partial charge in [0, 0.05) is 38.2 Å². The molecule has 1 atom stereocenters. The lowest BCUT2D eigenvalue weighted by Gasteiger charge is -2.36. The standard InChI is InChI=1S/C24H28FN3O5S/c1-3-5-21(29)27-12-14-28(15-13-27)24(31)23(26-22(30)18-7-4-6-17(2)16-18)34(32,33)20-10-8-19(25)9-11-20/h4,6-11,16,23H,3,5,12-15H2,1-2H3,(H,26,30).